The van der Waals surface area contributed by atoms with E-state index in [1.165, 1.54) is 19.9 Å². The van der Waals surface area contributed by atoms with Crippen molar-refractivity contribution >= 4 is 13.6 Å². The predicted octanol–water partition coefficient (Wildman–Crippen LogP) is -0.0674. The van der Waals surface area contributed by atoms with Gasteiger partial charge >= 0.3 is 153 Å². The first-order valence-electron chi connectivity index (χ1n) is 7.80. The van der Waals surface area contributed by atoms with Gasteiger partial charge < -0.3 is 0 Å². The molecule has 3 rings (SSSR count). The molecule has 2 aliphatic heterocycles. The van der Waals surface area contributed by atoms with E-state index in [0.717, 1.165) is 19.7 Å². The molecular weight excluding hydrogens is 539 g/mol. The molecule has 0 saturated carbocycles. The normalized spacial score (nSPS) is 15.6. The summed E-state index contributed by atoms with van der Waals surface area (Å²) in [7, 11) is 1.68. The Balaban J connectivity index is 2.32. The fourth-order valence-corrected chi connectivity index (χ4v) is 11.6. The van der Waals surface area contributed by atoms with Crippen molar-refractivity contribution in [3.63, 3.8) is 0 Å². The molecule has 0 saturated heterocycles. The Labute approximate surface area is 151 Å². The van der Waals surface area contributed by atoms with Gasteiger partial charge in [-0.15, -0.1) is 0 Å². The second-order valence-corrected chi connectivity index (χ2v) is 14.5. The number of hydrogen-bond acceptors (Lipinski definition) is 2. The number of hydrogen-bond donors (Lipinski definition) is 0. The van der Waals surface area contributed by atoms with Gasteiger partial charge in [-0.2, -0.15) is 0 Å². The first-order chi connectivity index (χ1) is 10.3. The summed E-state index contributed by atoms with van der Waals surface area (Å²) in [5.41, 5.74) is 2.55. The van der Waals surface area contributed by atoms with Crippen molar-refractivity contribution in [1.29, 1.82) is 0 Å². The molecule has 22 heavy (non-hydrogen) atoms. The van der Waals surface area contributed by atoms with Gasteiger partial charge in [0.15, 0.2) is 0 Å². The van der Waals surface area contributed by atoms with Gasteiger partial charge in [0.05, 0.1) is 0 Å². The zero-order valence-electron chi connectivity index (χ0n) is 13.8. The predicted molar refractivity (Wildman–Crippen MR) is 84.3 cm³/mol. The van der Waals surface area contributed by atoms with Crippen LogP contribution in [-0.4, -0.2) is 11.3 Å². The van der Waals surface area contributed by atoms with Crippen LogP contribution in [0.3, 0.4) is 0 Å². The SMILES string of the molecule is CC(C)[C]1=[V][c]2c(c3[c](c(=O)n(C)c2=O)[U]=[C](C(C)C)C3)C1. The summed E-state index contributed by atoms with van der Waals surface area (Å²) in [6.07, 6.45) is 1.94. The molecule has 115 valence electrons. The van der Waals surface area contributed by atoms with E-state index in [2.05, 4.69) is 27.7 Å². The first-order valence-corrected chi connectivity index (χ1v) is 13.4. The quantitative estimate of drug-likeness (QED) is 0.509. The minimum atomic E-state index is -1.38. The van der Waals surface area contributed by atoms with Gasteiger partial charge in [-0.25, -0.2) is 0 Å². The molecule has 3 heterocycles. The van der Waals surface area contributed by atoms with E-state index in [4.69, 9.17) is 0 Å². The average Bonchev–Trinajstić information content (AvgIpc) is 3.06. The number of nitrogens with zero attached hydrogens (tertiary/aromatic N) is 1. The molecule has 0 amide bonds. The average molecular weight is 560 g/mol. The molecule has 1 aromatic rings. The van der Waals surface area contributed by atoms with Gasteiger partial charge in [-0.3, -0.25) is 0 Å². The van der Waals surface area contributed by atoms with Crippen molar-refractivity contribution in [1.82, 2.24) is 4.57 Å². The molecule has 2 aliphatic rings. The van der Waals surface area contributed by atoms with Gasteiger partial charge in [0.25, 0.3) is 0 Å². The van der Waals surface area contributed by atoms with E-state index in [9.17, 15) is 9.59 Å². The Hall–Kier alpha value is -0.00364. The molecule has 0 spiro atoms. The van der Waals surface area contributed by atoms with E-state index < -0.39 is 27.2 Å². The molecule has 3 nitrogen and oxygen atoms in total. The third-order valence-corrected chi connectivity index (χ3v) is 14.8. The molecular formula is C17H21NO2UV. The number of rotatable bonds is 2. The number of fused-ring (bicyclic) bond motifs is 3. The van der Waals surface area contributed by atoms with E-state index in [-0.39, 0.29) is 27.0 Å². The maximum atomic E-state index is 12.7. The molecule has 0 fully saturated rings. The van der Waals surface area contributed by atoms with Crippen LogP contribution in [0, 0.1) is 39.1 Å². The summed E-state index contributed by atoms with van der Waals surface area (Å²) >= 11 is -1.56. The molecule has 0 aliphatic carbocycles. The van der Waals surface area contributed by atoms with Crippen molar-refractivity contribution < 1.29 is 43.1 Å². The first kappa shape index (κ1) is 16.8. The Kier molecular flexibility index (Phi) is 4.70. The van der Waals surface area contributed by atoms with Gasteiger partial charge in [-0.1, -0.05) is 0 Å². The summed E-state index contributed by atoms with van der Waals surface area (Å²) in [5, 5.41) is 0. The standard InChI is InChI=1S/C17H21NO2.U.V/c1-12(2)6-8-14-10-16(19)18(5)17(20)11-15(14)9-7-13(3)4;;/h12-13H,8-9H2,1-5H3;;. The molecule has 0 atom stereocenters. The topological polar surface area (TPSA) is 39.1 Å². The van der Waals surface area contributed by atoms with Crippen molar-refractivity contribution in [2.45, 2.75) is 40.5 Å². The van der Waals surface area contributed by atoms with Crippen molar-refractivity contribution in [3.8, 4) is 0 Å². The molecule has 0 radical (unpaired) electrons. The fraction of sp³-hybridized carbons (Fsp3) is 0.529. The molecule has 0 bridgehead atoms. The van der Waals surface area contributed by atoms with Crippen molar-refractivity contribution in [3.05, 3.63) is 31.8 Å². The molecule has 5 heteroatoms. The van der Waals surface area contributed by atoms with Crippen molar-refractivity contribution in [2.24, 2.45) is 18.9 Å². The van der Waals surface area contributed by atoms with Gasteiger partial charge in [-0.05, 0) is 0 Å². The van der Waals surface area contributed by atoms with Crippen LogP contribution in [0.1, 0.15) is 38.8 Å². The zero-order chi connectivity index (χ0) is 16.2. The van der Waals surface area contributed by atoms with Crippen LogP contribution in [0.25, 0.3) is 0 Å². The third-order valence-electron chi connectivity index (χ3n) is 4.61. The van der Waals surface area contributed by atoms with Crippen LogP contribution in [0.2, 0.25) is 0 Å². The van der Waals surface area contributed by atoms with E-state index >= 15 is 0 Å². The van der Waals surface area contributed by atoms with Crippen LogP contribution in [0.5, 0.6) is 0 Å². The van der Waals surface area contributed by atoms with E-state index in [1.54, 1.807) is 9.57 Å². The van der Waals surface area contributed by atoms with E-state index in [0.29, 0.717) is 11.8 Å². The second kappa shape index (κ2) is 6.13. The summed E-state index contributed by atoms with van der Waals surface area (Å²) in [4.78, 5) is 25.4. The van der Waals surface area contributed by atoms with Crippen LogP contribution in [0.15, 0.2) is 9.59 Å². The fourth-order valence-electron chi connectivity index (χ4n) is 3.04. The molecule has 0 N–H and O–H groups in total. The third kappa shape index (κ3) is 2.67. The number of aromatic nitrogens is 1. The van der Waals surface area contributed by atoms with Gasteiger partial charge in [0.2, 0.25) is 0 Å². The Bertz CT molecular complexity index is 778. The Morgan fingerprint density at radius 3 is 2.27 bits per heavy atom. The Morgan fingerprint density at radius 1 is 1.00 bits per heavy atom. The van der Waals surface area contributed by atoms with Crippen LogP contribution in [0.4, 0.5) is 0 Å². The summed E-state index contributed by atoms with van der Waals surface area (Å²) in [6, 6.07) is 0. The van der Waals surface area contributed by atoms with Gasteiger partial charge in [0, 0.05) is 0 Å². The minimum absolute atomic E-state index is 0.0118. The second-order valence-electron chi connectivity index (χ2n) is 6.77. The van der Waals surface area contributed by atoms with Crippen LogP contribution in [-0.2, 0) is 35.7 Å². The summed E-state index contributed by atoms with van der Waals surface area (Å²) < 4.78 is 6.69. The molecule has 0 unspecified atom stereocenters. The molecule has 1 aromatic heterocycles. The monoisotopic (exact) mass is 560 g/mol. The zero-order valence-corrected chi connectivity index (χ0v) is 19.3. The summed E-state index contributed by atoms with van der Waals surface area (Å²) in [5.74, 6) is 1.13. The van der Waals surface area contributed by atoms with Crippen LogP contribution >= 0.6 is 0 Å². The Morgan fingerprint density at radius 2 is 1.68 bits per heavy atom. The van der Waals surface area contributed by atoms with E-state index in [1.807, 2.05) is 0 Å². The van der Waals surface area contributed by atoms with Gasteiger partial charge in [0.1, 0.15) is 0 Å². The summed E-state index contributed by atoms with van der Waals surface area (Å²) in [6.45, 7) is 8.95. The van der Waals surface area contributed by atoms with Crippen molar-refractivity contribution in [2.75, 3.05) is 0 Å². The molecule has 0 aromatic carbocycles. The maximum absolute atomic E-state index is 12.7. The van der Waals surface area contributed by atoms with Crippen LogP contribution < -0.4 is 18.0 Å².